The first-order valence-electron chi connectivity index (χ1n) is 9.88. The van der Waals surface area contributed by atoms with Crippen molar-refractivity contribution in [3.8, 4) is 5.75 Å². The number of carbonyl (C=O) groups is 1. The average Bonchev–Trinajstić information content (AvgIpc) is 2.61. The Morgan fingerprint density at radius 1 is 1.07 bits per heavy atom. The minimum atomic E-state index is -0.158. The molecule has 3 aliphatic rings. The summed E-state index contributed by atoms with van der Waals surface area (Å²) < 4.78 is 5.84. The minimum absolute atomic E-state index is 0.143. The van der Waals surface area contributed by atoms with Crippen LogP contribution in [-0.2, 0) is 11.3 Å². The largest absolute Gasteiger partial charge is 0.492 e. The Morgan fingerprint density at radius 2 is 1.79 bits per heavy atom. The lowest BCUT2D eigenvalue weighted by molar-refractivity contribution is -0.181. The fourth-order valence-electron chi connectivity index (χ4n) is 4.48. The van der Waals surface area contributed by atoms with Crippen molar-refractivity contribution in [3.63, 3.8) is 0 Å². The van der Waals surface area contributed by atoms with Gasteiger partial charge in [0, 0.05) is 23.7 Å². The number of carbonyl (C=O) groups excluding carboxylic acids is 1. The molecule has 0 saturated heterocycles. The molecule has 0 unspecified atom stereocenters. The summed E-state index contributed by atoms with van der Waals surface area (Å²) in [5.74, 6) is 1.10. The highest BCUT2D eigenvalue weighted by Gasteiger charge is 2.71. The van der Waals surface area contributed by atoms with Crippen LogP contribution in [0.25, 0.3) is 0 Å². The fourth-order valence-corrected chi connectivity index (χ4v) is 4.60. The van der Waals surface area contributed by atoms with E-state index in [9.17, 15) is 4.79 Å². The van der Waals surface area contributed by atoms with Crippen LogP contribution in [0.5, 0.6) is 5.75 Å². The number of hydrogen-bond acceptors (Lipinski definition) is 3. The number of hydrogen-bond donors (Lipinski definition) is 2. The van der Waals surface area contributed by atoms with Crippen molar-refractivity contribution in [2.75, 3.05) is 13.2 Å². The molecule has 2 bridgehead atoms. The van der Waals surface area contributed by atoms with Gasteiger partial charge in [-0.15, -0.1) is 0 Å². The first-order chi connectivity index (χ1) is 13.4. The molecule has 0 heterocycles. The van der Waals surface area contributed by atoms with Crippen LogP contribution >= 0.6 is 11.6 Å². The predicted molar refractivity (Wildman–Crippen MR) is 112 cm³/mol. The molecule has 0 aliphatic heterocycles. The molecule has 3 aliphatic carbocycles. The molecule has 2 aromatic carbocycles. The molecule has 3 saturated carbocycles. The van der Waals surface area contributed by atoms with Crippen LogP contribution in [0.15, 0.2) is 42.5 Å². The van der Waals surface area contributed by atoms with E-state index in [-0.39, 0.29) is 16.9 Å². The molecule has 4 nitrogen and oxygen atoms in total. The molecule has 5 heteroatoms. The molecule has 148 valence electrons. The standard InChI is InChI=1S/C23H27ClN2O2/c1-16-3-8-20(11-17(16)2)28-10-9-26-23-13-22(14-23,15-23)21(27)25-12-18-4-6-19(24)7-5-18/h3-8,11,26H,9-10,12-15H2,1-2H3,(H,25,27). The number of aryl methyl sites for hydroxylation is 2. The number of amides is 1. The quantitative estimate of drug-likeness (QED) is 0.656. The maximum Gasteiger partial charge on any atom is 0.226 e. The zero-order chi connectivity index (χ0) is 19.8. The maximum absolute atomic E-state index is 12.6. The number of benzene rings is 2. The topological polar surface area (TPSA) is 50.4 Å². The van der Waals surface area contributed by atoms with Gasteiger partial charge in [0.15, 0.2) is 0 Å². The molecular formula is C23H27ClN2O2. The SMILES string of the molecule is Cc1ccc(OCCNC23CC(C(=O)NCc4ccc(Cl)cc4)(C2)C3)cc1C. The van der Waals surface area contributed by atoms with Crippen LogP contribution < -0.4 is 15.4 Å². The summed E-state index contributed by atoms with van der Waals surface area (Å²) in [4.78, 5) is 12.6. The molecule has 0 spiro atoms. The van der Waals surface area contributed by atoms with Gasteiger partial charge in [-0.1, -0.05) is 29.8 Å². The van der Waals surface area contributed by atoms with E-state index in [1.807, 2.05) is 30.3 Å². The van der Waals surface area contributed by atoms with Gasteiger partial charge in [0.1, 0.15) is 12.4 Å². The predicted octanol–water partition coefficient (Wildman–Crippen LogP) is 4.16. The van der Waals surface area contributed by atoms with Crippen molar-refractivity contribution in [1.29, 1.82) is 0 Å². The Morgan fingerprint density at radius 3 is 2.46 bits per heavy atom. The molecule has 1 amide bonds. The highest BCUT2D eigenvalue weighted by atomic mass is 35.5. The van der Waals surface area contributed by atoms with E-state index in [2.05, 4.69) is 36.6 Å². The summed E-state index contributed by atoms with van der Waals surface area (Å²) in [6.45, 7) is 6.20. The highest BCUT2D eigenvalue weighted by Crippen LogP contribution is 2.67. The molecule has 2 N–H and O–H groups in total. The summed E-state index contributed by atoms with van der Waals surface area (Å²) >= 11 is 5.90. The van der Waals surface area contributed by atoms with E-state index < -0.39 is 0 Å². The molecule has 0 atom stereocenters. The van der Waals surface area contributed by atoms with Gasteiger partial charge in [0.05, 0.1) is 5.41 Å². The van der Waals surface area contributed by atoms with Gasteiger partial charge >= 0.3 is 0 Å². The number of halogens is 1. The van der Waals surface area contributed by atoms with Crippen molar-refractivity contribution in [2.24, 2.45) is 5.41 Å². The van der Waals surface area contributed by atoms with E-state index in [0.29, 0.717) is 18.2 Å². The second-order valence-electron chi connectivity index (χ2n) is 8.42. The normalized spacial score (nSPS) is 24.8. The van der Waals surface area contributed by atoms with E-state index >= 15 is 0 Å². The minimum Gasteiger partial charge on any atom is -0.492 e. The van der Waals surface area contributed by atoms with Crippen molar-refractivity contribution >= 4 is 17.5 Å². The Kier molecular flexibility index (Phi) is 5.11. The third kappa shape index (κ3) is 3.76. The third-order valence-electron chi connectivity index (χ3n) is 6.23. The molecule has 2 aromatic rings. The Labute approximate surface area is 171 Å². The lowest BCUT2D eigenvalue weighted by Gasteiger charge is -2.69. The van der Waals surface area contributed by atoms with Crippen molar-refractivity contribution in [1.82, 2.24) is 10.6 Å². The number of ether oxygens (including phenoxy) is 1. The van der Waals surface area contributed by atoms with Gasteiger partial charge in [0.2, 0.25) is 5.91 Å². The zero-order valence-corrected chi connectivity index (χ0v) is 17.2. The van der Waals surface area contributed by atoms with Crippen molar-refractivity contribution in [3.05, 3.63) is 64.2 Å². The van der Waals surface area contributed by atoms with Gasteiger partial charge in [-0.3, -0.25) is 4.79 Å². The van der Waals surface area contributed by atoms with Crippen molar-refractivity contribution in [2.45, 2.75) is 45.2 Å². The Bertz CT molecular complexity index is 859. The second kappa shape index (κ2) is 7.41. The Hall–Kier alpha value is -2.04. The fraction of sp³-hybridized carbons (Fsp3) is 0.435. The van der Waals surface area contributed by atoms with Crippen LogP contribution in [0.2, 0.25) is 5.02 Å². The second-order valence-corrected chi connectivity index (χ2v) is 8.86. The van der Waals surface area contributed by atoms with Crippen LogP contribution in [-0.4, -0.2) is 24.6 Å². The molecular weight excluding hydrogens is 372 g/mol. The molecule has 0 radical (unpaired) electrons. The summed E-state index contributed by atoms with van der Waals surface area (Å²) in [5, 5.41) is 7.39. The van der Waals surface area contributed by atoms with E-state index in [4.69, 9.17) is 16.3 Å². The van der Waals surface area contributed by atoms with Crippen LogP contribution in [0.1, 0.15) is 36.0 Å². The first kappa shape index (κ1) is 19.3. The number of rotatable bonds is 8. The average molecular weight is 399 g/mol. The van der Waals surface area contributed by atoms with Gasteiger partial charge < -0.3 is 15.4 Å². The van der Waals surface area contributed by atoms with E-state index in [1.165, 1.54) is 11.1 Å². The zero-order valence-electron chi connectivity index (χ0n) is 16.5. The summed E-state index contributed by atoms with van der Waals surface area (Å²) in [7, 11) is 0. The monoisotopic (exact) mass is 398 g/mol. The number of nitrogens with one attached hydrogen (secondary N) is 2. The van der Waals surface area contributed by atoms with E-state index in [0.717, 1.165) is 37.1 Å². The molecule has 5 rings (SSSR count). The summed E-state index contributed by atoms with van der Waals surface area (Å²) in [6, 6.07) is 13.8. The molecule has 0 aromatic heterocycles. The maximum atomic E-state index is 12.6. The Balaban J connectivity index is 1.16. The summed E-state index contributed by atoms with van der Waals surface area (Å²) in [5.41, 5.74) is 3.58. The lowest BCUT2D eigenvalue weighted by atomic mass is 9.39. The highest BCUT2D eigenvalue weighted by molar-refractivity contribution is 6.30. The molecule has 28 heavy (non-hydrogen) atoms. The lowest BCUT2D eigenvalue weighted by Crippen LogP contribution is -2.77. The smallest absolute Gasteiger partial charge is 0.226 e. The van der Waals surface area contributed by atoms with Crippen LogP contribution in [0.3, 0.4) is 0 Å². The molecule has 3 fully saturated rings. The first-order valence-corrected chi connectivity index (χ1v) is 10.3. The van der Waals surface area contributed by atoms with Gasteiger partial charge in [-0.25, -0.2) is 0 Å². The van der Waals surface area contributed by atoms with Gasteiger partial charge in [-0.05, 0) is 74.1 Å². The van der Waals surface area contributed by atoms with Crippen LogP contribution in [0, 0.1) is 19.3 Å². The van der Waals surface area contributed by atoms with Gasteiger partial charge in [-0.2, -0.15) is 0 Å². The summed E-state index contributed by atoms with van der Waals surface area (Å²) in [6.07, 6.45) is 2.78. The van der Waals surface area contributed by atoms with Crippen LogP contribution in [0.4, 0.5) is 0 Å². The third-order valence-corrected chi connectivity index (χ3v) is 6.48. The van der Waals surface area contributed by atoms with Crippen molar-refractivity contribution < 1.29 is 9.53 Å². The van der Waals surface area contributed by atoms with E-state index in [1.54, 1.807) is 0 Å². The van der Waals surface area contributed by atoms with Gasteiger partial charge in [0.25, 0.3) is 0 Å².